The maximum Gasteiger partial charge on any atom is 0.0534 e. The molecule has 2 aromatic carbocycles. The van der Waals surface area contributed by atoms with Crippen molar-refractivity contribution in [2.45, 2.75) is 45.4 Å². The van der Waals surface area contributed by atoms with Crippen LogP contribution < -0.4 is 0 Å². The van der Waals surface area contributed by atoms with Crippen LogP contribution in [0.3, 0.4) is 0 Å². The fraction of sp³-hybridized carbons (Fsp3) is 0.478. The first-order valence-corrected chi connectivity index (χ1v) is 9.39. The predicted octanol–water partition coefficient (Wildman–Crippen LogP) is 6.04. The minimum absolute atomic E-state index is 0.501. The van der Waals surface area contributed by atoms with E-state index < -0.39 is 0 Å². The van der Waals surface area contributed by atoms with Gasteiger partial charge >= 0.3 is 0 Å². The second-order valence-corrected chi connectivity index (χ2v) is 6.32. The van der Waals surface area contributed by atoms with E-state index in [1.165, 1.54) is 24.0 Å². The van der Waals surface area contributed by atoms with Gasteiger partial charge in [-0.1, -0.05) is 80.9 Å². The van der Waals surface area contributed by atoms with Crippen LogP contribution >= 0.6 is 0 Å². The fourth-order valence-corrected chi connectivity index (χ4v) is 2.81. The van der Waals surface area contributed by atoms with Gasteiger partial charge in [0.25, 0.3) is 0 Å². The Morgan fingerprint density at radius 1 is 0.800 bits per heavy atom. The van der Waals surface area contributed by atoms with Crippen molar-refractivity contribution >= 4 is 0 Å². The maximum atomic E-state index is 5.50. The summed E-state index contributed by atoms with van der Waals surface area (Å²) in [5.41, 5.74) is 2.75. The molecule has 0 heterocycles. The summed E-state index contributed by atoms with van der Waals surface area (Å²) in [7, 11) is 1.74. The first-order chi connectivity index (χ1) is 12.2. The van der Waals surface area contributed by atoms with Gasteiger partial charge in [-0.05, 0) is 24.5 Å². The third-order valence-electron chi connectivity index (χ3n) is 4.22. The van der Waals surface area contributed by atoms with Gasteiger partial charge in [0, 0.05) is 25.6 Å². The molecule has 2 heteroatoms. The highest BCUT2D eigenvalue weighted by Crippen LogP contribution is 2.21. The molecular formula is C23H34O2. The molecule has 2 atom stereocenters. The number of methoxy groups -OCH3 is 1. The first-order valence-electron chi connectivity index (χ1n) is 9.39. The van der Waals surface area contributed by atoms with Crippen molar-refractivity contribution in [1.29, 1.82) is 0 Å². The molecule has 0 aliphatic rings. The smallest absolute Gasteiger partial charge is 0.0534 e. The largest absolute Gasteiger partial charge is 0.384 e. The van der Waals surface area contributed by atoms with E-state index in [1.54, 1.807) is 7.11 Å². The normalized spacial score (nSPS) is 12.8. The average Bonchev–Trinajstić information content (AvgIpc) is 2.67. The van der Waals surface area contributed by atoms with Crippen molar-refractivity contribution < 1.29 is 9.47 Å². The summed E-state index contributed by atoms with van der Waals surface area (Å²) >= 11 is 0. The van der Waals surface area contributed by atoms with Gasteiger partial charge in [0.05, 0.1) is 13.2 Å². The molecule has 0 aromatic heterocycles. The molecule has 0 aliphatic carbocycles. The third kappa shape index (κ3) is 8.85. The molecule has 0 saturated carbocycles. The number of ether oxygens (including phenoxy) is 2. The first kappa shape index (κ1) is 21.4. The number of benzene rings is 2. The van der Waals surface area contributed by atoms with Crippen LogP contribution in [0.15, 0.2) is 60.7 Å². The van der Waals surface area contributed by atoms with E-state index in [4.69, 9.17) is 9.47 Å². The van der Waals surface area contributed by atoms with Crippen LogP contribution in [-0.4, -0.2) is 26.9 Å². The summed E-state index contributed by atoms with van der Waals surface area (Å²) in [6, 6.07) is 21.1. The molecule has 0 fully saturated rings. The number of rotatable bonds is 9. The summed E-state index contributed by atoms with van der Waals surface area (Å²) in [6.45, 7) is 8.90. The van der Waals surface area contributed by atoms with Crippen LogP contribution in [0.4, 0.5) is 0 Å². The van der Waals surface area contributed by atoms with E-state index in [0.29, 0.717) is 11.8 Å². The highest BCUT2D eigenvalue weighted by molar-refractivity contribution is 5.19. The fourth-order valence-electron chi connectivity index (χ4n) is 2.81. The lowest BCUT2D eigenvalue weighted by atomic mass is 9.95. The van der Waals surface area contributed by atoms with Gasteiger partial charge < -0.3 is 9.47 Å². The number of hydrogen-bond acceptors (Lipinski definition) is 2. The monoisotopic (exact) mass is 342 g/mol. The van der Waals surface area contributed by atoms with E-state index in [1.807, 2.05) is 13.0 Å². The van der Waals surface area contributed by atoms with Crippen LogP contribution in [0.1, 0.15) is 56.6 Å². The van der Waals surface area contributed by atoms with Crippen molar-refractivity contribution in [1.82, 2.24) is 0 Å². The molecule has 0 spiro atoms. The van der Waals surface area contributed by atoms with Gasteiger partial charge in [-0.15, -0.1) is 0 Å². The predicted molar refractivity (Wildman–Crippen MR) is 107 cm³/mol. The van der Waals surface area contributed by atoms with Crippen molar-refractivity contribution in [3.8, 4) is 0 Å². The Labute approximate surface area is 154 Å². The zero-order chi connectivity index (χ0) is 18.3. The highest BCUT2D eigenvalue weighted by Gasteiger charge is 2.09. The minimum Gasteiger partial charge on any atom is -0.384 e. The third-order valence-corrected chi connectivity index (χ3v) is 4.22. The molecule has 0 bridgehead atoms. The standard InChI is InChI=1S/C13H20O.C10H14O/c1-3-8-13(11-14-4-2)12-9-6-5-7-10-12;1-9(8-11-2)10-6-4-3-5-7-10/h5-7,9-10,13H,3-4,8,11H2,1-2H3;3-7,9H,8H2,1-2H3. The molecule has 138 valence electrons. The SMILES string of the molecule is CCCC(COCC)c1ccccc1.COCC(C)c1ccccc1. The van der Waals surface area contributed by atoms with E-state index in [2.05, 4.69) is 68.4 Å². The van der Waals surface area contributed by atoms with Crippen molar-refractivity contribution in [2.75, 3.05) is 26.9 Å². The summed E-state index contributed by atoms with van der Waals surface area (Å²) < 4.78 is 10.6. The zero-order valence-electron chi connectivity index (χ0n) is 16.3. The number of hydrogen-bond donors (Lipinski definition) is 0. The Hall–Kier alpha value is -1.64. The Kier molecular flexibility index (Phi) is 11.7. The van der Waals surface area contributed by atoms with Gasteiger partial charge in [0.2, 0.25) is 0 Å². The molecule has 0 N–H and O–H groups in total. The zero-order valence-corrected chi connectivity index (χ0v) is 16.3. The molecular weight excluding hydrogens is 308 g/mol. The van der Waals surface area contributed by atoms with E-state index in [-0.39, 0.29) is 0 Å². The molecule has 0 saturated heterocycles. The molecule has 0 aliphatic heterocycles. The lowest BCUT2D eigenvalue weighted by Crippen LogP contribution is -2.07. The average molecular weight is 343 g/mol. The van der Waals surface area contributed by atoms with Crippen LogP contribution in [0.2, 0.25) is 0 Å². The van der Waals surface area contributed by atoms with Gasteiger partial charge in [0.15, 0.2) is 0 Å². The summed E-state index contributed by atoms with van der Waals surface area (Å²) in [6.07, 6.45) is 2.43. The van der Waals surface area contributed by atoms with Crippen molar-refractivity contribution in [3.05, 3.63) is 71.8 Å². The maximum absolute atomic E-state index is 5.50. The lowest BCUT2D eigenvalue weighted by molar-refractivity contribution is 0.129. The molecule has 2 nitrogen and oxygen atoms in total. The quantitative estimate of drug-likeness (QED) is 0.553. The summed E-state index contributed by atoms with van der Waals surface area (Å²) in [5, 5.41) is 0. The molecule has 25 heavy (non-hydrogen) atoms. The van der Waals surface area contributed by atoms with Gasteiger partial charge in [-0.2, -0.15) is 0 Å². The molecule has 2 aromatic rings. The molecule has 0 amide bonds. The lowest BCUT2D eigenvalue weighted by Gasteiger charge is -2.16. The molecule has 2 rings (SSSR count). The van der Waals surface area contributed by atoms with Crippen LogP contribution in [0, 0.1) is 0 Å². The van der Waals surface area contributed by atoms with Gasteiger partial charge in [-0.3, -0.25) is 0 Å². The minimum atomic E-state index is 0.501. The van der Waals surface area contributed by atoms with Crippen LogP contribution in [0.25, 0.3) is 0 Å². The second-order valence-electron chi connectivity index (χ2n) is 6.32. The topological polar surface area (TPSA) is 18.5 Å². The summed E-state index contributed by atoms with van der Waals surface area (Å²) in [4.78, 5) is 0. The molecule has 2 unspecified atom stereocenters. The van der Waals surface area contributed by atoms with E-state index in [0.717, 1.165) is 19.8 Å². The van der Waals surface area contributed by atoms with E-state index >= 15 is 0 Å². The Balaban J connectivity index is 0.000000257. The second kappa shape index (κ2) is 13.6. The van der Waals surface area contributed by atoms with Gasteiger partial charge in [0.1, 0.15) is 0 Å². The van der Waals surface area contributed by atoms with Gasteiger partial charge in [-0.25, -0.2) is 0 Å². The van der Waals surface area contributed by atoms with Crippen molar-refractivity contribution in [3.63, 3.8) is 0 Å². The Morgan fingerprint density at radius 2 is 1.36 bits per heavy atom. The summed E-state index contributed by atoms with van der Waals surface area (Å²) in [5.74, 6) is 1.07. The highest BCUT2D eigenvalue weighted by atomic mass is 16.5. The molecule has 0 radical (unpaired) electrons. The van der Waals surface area contributed by atoms with E-state index in [9.17, 15) is 0 Å². The Bertz CT molecular complexity index is 524. The van der Waals surface area contributed by atoms with Crippen LogP contribution in [0.5, 0.6) is 0 Å². The van der Waals surface area contributed by atoms with Crippen molar-refractivity contribution in [2.24, 2.45) is 0 Å². The van der Waals surface area contributed by atoms with Crippen LogP contribution in [-0.2, 0) is 9.47 Å². The Morgan fingerprint density at radius 3 is 1.84 bits per heavy atom.